The molecular weight excluding hydrogens is 264 g/mol. The standard InChI is InChI=1S/C16H18N4O/c1-10-8-13(18-12-7-5-4-6-11(10)12)14-19-15(21-20-14)16(2,3)9-17/h4-8H,9,17H2,1-3H3. The number of hydrogen-bond acceptors (Lipinski definition) is 5. The number of aryl methyl sites for hydroxylation is 1. The Morgan fingerprint density at radius 1 is 1.19 bits per heavy atom. The van der Waals surface area contributed by atoms with E-state index in [1.165, 1.54) is 0 Å². The maximum absolute atomic E-state index is 5.74. The SMILES string of the molecule is Cc1cc(-c2noc(C(C)(C)CN)n2)nc2ccccc12. The Bertz CT molecular complexity index is 792. The minimum absolute atomic E-state index is 0.336. The number of fused-ring (bicyclic) bond motifs is 1. The monoisotopic (exact) mass is 282 g/mol. The third-order valence-corrected chi connectivity index (χ3v) is 3.67. The van der Waals surface area contributed by atoms with Crippen molar-refractivity contribution in [2.75, 3.05) is 6.54 Å². The van der Waals surface area contributed by atoms with Gasteiger partial charge in [0.25, 0.3) is 0 Å². The van der Waals surface area contributed by atoms with Crippen molar-refractivity contribution in [3.05, 3.63) is 41.8 Å². The van der Waals surface area contributed by atoms with Gasteiger partial charge in [0.2, 0.25) is 11.7 Å². The minimum atomic E-state index is -0.336. The average Bonchev–Trinajstić information content (AvgIpc) is 2.98. The Kier molecular flexibility index (Phi) is 3.22. The van der Waals surface area contributed by atoms with Crippen LogP contribution in [0.25, 0.3) is 22.4 Å². The number of nitrogens with two attached hydrogens (primary N) is 1. The molecule has 3 rings (SSSR count). The van der Waals surface area contributed by atoms with Crippen LogP contribution in [0.1, 0.15) is 25.3 Å². The molecule has 0 amide bonds. The van der Waals surface area contributed by atoms with Gasteiger partial charge in [0.15, 0.2) is 0 Å². The molecular formula is C16H18N4O. The van der Waals surface area contributed by atoms with E-state index >= 15 is 0 Å². The first-order valence-corrected chi connectivity index (χ1v) is 6.92. The van der Waals surface area contributed by atoms with Gasteiger partial charge in [-0.15, -0.1) is 0 Å². The van der Waals surface area contributed by atoms with Gasteiger partial charge in [-0.25, -0.2) is 4.98 Å². The number of rotatable bonds is 3. The van der Waals surface area contributed by atoms with Gasteiger partial charge in [-0.2, -0.15) is 4.98 Å². The summed E-state index contributed by atoms with van der Waals surface area (Å²) in [5.74, 6) is 1.04. The Balaban J connectivity index is 2.09. The van der Waals surface area contributed by atoms with Gasteiger partial charge in [0, 0.05) is 11.9 Å². The summed E-state index contributed by atoms with van der Waals surface area (Å²) in [4.78, 5) is 9.06. The summed E-state index contributed by atoms with van der Waals surface area (Å²) in [6, 6.07) is 9.99. The lowest BCUT2D eigenvalue weighted by atomic mass is 9.94. The Hall–Kier alpha value is -2.27. The molecule has 0 spiro atoms. The fraction of sp³-hybridized carbons (Fsp3) is 0.312. The molecule has 0 aliphatic carbocycles. The van der Waals surface area contributed by atoms with E-state index in [1.54, 1.807) is 0 Å². The highest BCUT2D eigenvalue weighted by molar-refractivity contribution is 5.84. The van der Waals surface area contributed by atoms with Crippen LogP contribution in [-0.4, -0.2) is 21.7 Å². The second-order valence-corrected chi connectivity index (χ2v) is 5.85. The summed E-state index contributed by atoms with van der Waals surface area (Å²) >= 11 is 0. The molecule has 0 unspecified atom stereocenters. The zero-order valence-corrected chi connectivity index (χ0v) is 12.4. The second kappa shape index (κ2) is 4.93. The lowest BCUT2D eigenvalue weighted by Crippen LogP contribution is -2.28. The van der Waals surface area contributed by atoms with Gasteiger partial charge in [0.1, 0.15) is 5.69 Å². The quantitative estimate of drug-likeness (QED) is 0.799. The van der Waals surface area contributed by atoms with Gasteiger partial charge in [-0.1, -0.05) is 23.4 Å². The molecule has 0 atom stereocenters. The topological polar surface area (TPSA) is 77.8 Å². The smallest absolute Gasteiger partial charge is 0.233 e. The molecule has 0 radical (unpaired) electrons. The summed E-state index contributed by atoms with van der Waals surface area (Å²) in [6.45, 7) is 6.45. The van der Waals surface area contributed by atoms with Crippen molar-refractivity contribution < 1.29 is 4.52 Å². The highest BCUT2D eigenvalue weighted by Gasteiger charge is 2.26. The van der Waals surface area contributed by atoms with Gasteiger partial charge in [0.05, 0.1) is 10.9 Å². The van der Waals surface area contributed by atoms with Crippen molar-refractivity contribution in [2.45, 2.75) is 26.2 Å². The lowest BCUT2D eigenvalue weighted by Gasteiger charge is -2.15. The molecule has 2 heterocycles. The van der Waals surface area contributed by atoms with Crippen LogP contribution in [0.3, 0.4) is 0 Å². The molecule has 1 aromatic carbocycles. The van der Waals surface area contributed by atoms with E-state index in [-0.39, 0.29) is 5.41 Å². The second-order valence-electron chi connectivity index (χ2n) is 5.85. The molecule has 0 bridgehead atoms. The van der Waals surface area contributed by atoms with Crippen LogP contribution in [-0.2, 0) is 5.41 Å². The molecule has 0 saturated carbocycles. The van der Waals surface area contributed by atoms with Crippen LogP contribution >= 0.6 is 0 Å². The fourth-order valence-corrected chi connectivity index (χ4v) is 2.15. The van der Waals surface area contributed by atoms with E-state index in [9.17, 15) is 0 Å². The number of para-hydroxylation sites is 1. The first-order valence-electron chi connectivity index (χ1n) is 6.92. The van der Waals surface area contributed by atoms with Crippen LogP contribution in [0.2, 0.25) is 0 Å². The zero-order chi connectivity index (χ0) is 15.0. The molecule has 0 aliphatic heterocycles. The van der Waals surface area contributed by atoms with Crippen LogP contribution < -0.4 is 5.73 Å². The summed E-state index contributed by atoms with van der Waals surface area (Å²) in [6.07, 6.45) is 0. The van der Waals surface area contributed by atoms with E-state index in [4.69, 9.17) is 10.3 Å². The fourth-order valence-electron chi connectivity index (χ4n) is 2.15. The van der Waals surface area contributed by atoms with Crippen molar-refractivity contribution in [3.8, 4) is 11.5 Å². The average molecular weight is 282 g/mol. The molecule has 21 heavy (non-hydrogen) atoms. The third kappa shape index (κ3) is 2.40. The first kappa shape index (κ1) is 13.7. The van der Waals surface area contributed by atoms with E-state index in [0.29, 0.717) is 24.0 Å². The first-order chi connectivity index (χ1) is 10.0. The van der Waals surface area contributed by atoms with Crippen molar-refractivity contribution >= 4 is 10.9 Å². The van der Waals surface area contributed by atoms with Crippen LogP contribution in [0.4, 0.5) is 0 Å². The number of pyridine rings is 1. The van der Waals surface area contributed by atoms with E-state index in [2.05, 4.69) is 28.1 Å². The van der Waals surface area contributed by atoms with Crippen molar-refractivity contribution in [3.63, 3.8) is 0 Å². The minimum Gasteiger partial charge on any atom is -0.338 e. The summed E-state index contributed by atoms with van der Waals surface area (Å²) in [5, 5.41) is 5.18. The van der Waals surface area contributed by atoms with Gasteiger partial charge in [-0.3, -0.25) is 0 Å². The van der Waals surface area contributed by atoms with Crippen LogP contribution in [0.15, 0.2) is 34.9 Å². The van der Waals surface area contributed by atoms with Gasteiger partial charge in [-0.05, 0) is 38.5 Å². The molecule has 5 nitrogen and oxygen atoms in total. The molecule has 0 aliphatic rings. The molecule has 5 heteroatoms. The predicted molar refractivity (Wildman–Crippen MR) is 81.9 cm³/mol. The lowest BCUT2D eigenvalue weighted by molar-refractivity contribution is 0.311. The zero-order valence-electron chi connectivity index (χ0n) is 12.4. The summed E-state index contributed by atoms with van der Waals surface area (Å²) < 4.78 is 5.35. The highest BCUT2D eigenvalue weighted by Crippen LogP contribution is 2.25. The Morgan fingerprint density at radius 2 is 1.95 bits per heavy atom. The van der Waals surface area contributed by atoms with E-state index in [1.807, 2.05) is 38.1 Å². The normalized spacial score (nSPS) is 12.0. The molecule has 0 fully saturated rings. The molecule has 2 N–H and O–H groups in total. The predicted octanol–water partition coefficient (Wildman–Crippen LogP) is 2.83. The van der Waals surface area contributed by atoms with Crippen molar-refractivity contribution in [1.82, 2.24) is 15.1 Å². The summed E-state index contributed by atoms with van der Waals surface area (Å²) in [5.41, 5.74) is 8.19. The van der Waals surface area contributed by atoms with E-state index < -0.39 is 0 Å². The molecule has 0 saturated heterocycles. The summed E-state index contributed by atoms with van der Waals surface area (Å²) in [7, 11) is 0. The molecule has 2 aromatic heterocycles. The third-order valence-electron chi connectivity index (χ3n) is 3.67. The number of hydrogen-bond donors (Lipinski definition) is 1. The van der Waals surface area contributed by atoms with Crippen LogP contribution in [0, 0.1) is 6.92 Å². The maximum Gasteiger partial charge on any atom is 0.233 e. The number of benzene rings is 1. The van der Waals surface area contributed by atoms with Gasteiger partial charge >= 0.3 is 0 Å². The maximum atomic E-state index is 5.74. The van der Waals surface area contributed by atoms with Crippen molar-refractivity contribution in [1.29, 1.82) is 0 Å². The van der Waals surface area contributed by atoms with Crippen molar-refractivity contribution in [2.24, 2.45) is 5.73 Å². The Morgan fingerprint density at radius 3 is 2.71 bits per heavy atom. The molecule has 108 valence electrons. The Labute approximate surface area is 123 Å². The van der Waals surface area contributed by atoms with Gasteiger partial charge < -0.3 is 10.3 Å². The largest absolute Gasteiger partial charge is 0.338 e. The highest BCUT2D eigenvalue weighted by atomic mass is 16.5. The number of aromatic nitrogens is 3. The van der Waals surface area contributed by atoms with E-state index in [0.717, 1.165) is 16.5 Å². The number of nitrogens with zero attached hydrogens (tertiary/aromatic N) is 3. The van der Waals surface area contributed by atoms with Crippen LogP contribution in [0.5, 0.6) is 0 Å². The molecule has 3 aromatic rings.